The van der Waals surface area contributed by atoms with E-state index in [1.807, 2.05) is 22.8 Å². The molecule has 0 unspecified atom stereocenters. The summed E-state index contributed by atoms with van der Waals surface area (Å²) in [4.78, 5) is 33.1. The highest BCUT2D eigenvalue weighted by molar-refractivity contribution is 5.94. The van der Waals surface area contributed by atoms with E-state index in [4.69, 9.17) is 0 Å². The van der Waals surface area contributed by atoms with Gasteiger partial charge >= 0.3 is 0 Å². The van der Waals surface area contributed by atoms with Gasteiger partial charge in [0.15, 0.2) is 0 Å². The summed E-state index contributed by atoms with van der Waals surface area (Å²) in [5.74, 6) is 0.876. The SMILES string of the molecule is Cc1cncc(C(=O)N2CCCN(C(=O)CC3CCCC3)CC2)c1. The van der Waals surface area contributed by atoms with Gasteiger partial charge in [-0.3, -0.25) is 14.6 Å². The predicted octanol–water partition coefficient (Wildman–Crippen LogP) is 2.64. The molecular weight excluding hydrogens is 302 g/mol. The summed E-state index contributed by atoms with van der Waals surface area (Å²) in [5.41, 5.74) is 1.63. The quantitative estimate of drug-likeness (QED) is 0.856. The van der Waals surface area contributed by atoms with Crippen LogP contribution in [0.4, 0.5) is 0 Å². The van der Waals surface area contributed by atoms with E-state index in [0.717, 1.165) is 18.5 Å². The van der Waals surface area contributed by atoms with Crippen molar-refractivity contribution in [3.05, 3.63) is 29.6 Å². The normalized spacial score (nSPS) is 19.4. The summed E-state index contributed by atoms with van der Waals surface area (Å²) in [5, 5.41) is 0. The van der Waals surface area contributed by atoms with Crippen LogP contribution in [-0.4, -0.2) is 52.8 Å². The number of carbonyl (C=O) groups is 2. The van der Waals surface area contributed by atoms with E-state index in [0.29, 0.717) is 37.5 Å². The van der Waals surface area contributed by atoms with Crippen LogP contribution in [-0.2, 0) is 4.79 Å². The Morgan fingerprint density at radius 2 is 1.75 bits per heavy atom. The maximum absolute atomic E-state index is 12.6. The Hall–Kier alpha value is -1.91. The van der Waals surface area contributed by atoms with E-state index < -0.39 is 0 Å². The van der Waals surface area contributed by atoms with Gasteiger partial charge in [-0.1, -0.05) is 12.8 Å². The lowest BCUT2D eigenvalue weighted by atomic mass is 10.0. The molecule has 0 bridgehead atoms. The second-order valence-corrected chi connectivity index (χ2v) is 7.13. The summed E-state index contributed by atoms with van der Waals surface area (Å²) < 4.78 is 0. The van der Waals surface area contributed by atoms with Gasteiger partial charge in [-0.15, -0.1) is 0 Å². The second kappa shape index (κ2) is 7.77. The molecule has 130 valence electrons. The average Bonchev–Trinajstić information content (AvgIpc) is 2.95. The Kier molecular flexibility index (Phi) is 5.48. The van der Waals surface area contributed by atoms with E-state index in [2.05, 4.69) is 4.98 Å². The van der Waals surface area contributed by atoms with E-state index >= 15 is 0 Å². The molecule has 2 aliphatic rings. The fourth-order valence-electron chi connectivity index (χ4n) is 3.81. The standard InChI is InChI=1S/C19H27N3O2/c1-15-11-17(14-20-13-15)19(24)22-8-4-7-21(9-10-22)18(23)12-16-5-2-3-6-16/h11,13-14,16H,2-10,12H2,1H3. The summed E-state index contributed by atoms with van der Waals surface area (Å²) in [6.45, 7) is 4.68. The maximum atomic E-state index is 12.6. The molecule has 2 amide bonds. The Morgan fingerprint density at radius 1 is 1.04 bits per heavy atom. The van der Waals surface area contributed by atoms with Crippen molar-refractivity contribution in [3.8, 4) is 0 Å². The van der Waals surface area contributed by atoms with Crippen LogP contribution in [0.2, 0.25) is 0 Å². The summed E-state index contributed by atoms with van der Waals surface area (Å²) in [6.07, 6.45) is 9.85. The maximum Gasteiger partial charge on any atom is 0.255 e. The van der Waals surface area contributed by atoms with Crippen LogP contribution < -0.4 is 0 Å². The minimum absolute atomic E-state index is 0.0243. The molecule has 1 saturated heterocycles. The molecule has 1 aliphatic heterocycles. The number of amides is 2. The first-order chi connectivity index (χ1) is 11.6. The summed E-state index contributed by atoms with van der Waals surface area (Å²) in [7, 11) is 0. The third kappa shape index (κ3) is 4.13. The number of hydrogen-bond donors (Lipinski definition) is 0. The van der Waals surface area contributed by atoms with Crippen molar-refractivity contribution < 1.29 is 9.59 Å². The number of hydrogen-bond acceptors (Lipinski definition) is 3. The molecule has 2 fully saturated rings. The molecule has 0 N–H and O–H groups in total. The zero-order chi connectivity index (χ0) is 16.9. The van der Waals surface area contributed by atoms with Gasteiger partial charge in [-0.05, 0) is 43.7 Å². The first-order valence-corrected chi connectivity index (χ1v) is 9.12. The minimum Gasteiger partial charge on any atom is -0.341 e. The number of aromatic nitrogens is 1. The molecule has 5 nitrogen and oxygen atoms in total. The van der Waals surface area contributed by atoms with Crippen LogP contribution in [0, 0.1) is 12.8 Å². The molecule has 0 aromatic carbocycles. The molecule has 1 aromatic rings. The fraction of sp³-hybridized carbons (Fsp3) is 0.632. The Balaban J connectivity index is 1.56. The van der Waals surface area contributed by atoms with Gasteiger partial charge in [-0.25, -0.2) is 0 Å². The Bertz CT molecular complexity index is 596. The number of aryl methyl sites for hydroxylation is 1. The van der Waals surface area contributed by atoms with E-state index in [9.17, 15) is 9.59 Å². The molecule has 24 heavy (non-hydrogen) atoms. The summed E-state index contributed by atoms with van der Waals surface area (Å²) >= 11 is 0. The highest BCUT2D eigenvalue weighted by Gasteiger charge is 2.25. The van der Waals surface area contributed by atoms with Gasteiger partial charge in [-0.2, -0.15) is 0 Å². The van der Waals surface area contributed by atoms with Crippen molar-refractivity contribution in [2.24, 2.45) is 5.92 Å². The minimum atomic E-state index is 0.0243. The first-order valence-electron chi connectivity index (χ1n) is 9.12. The fourth-order valence-corrected chi connectivity index (χ4v) is 3.81. The molecule has 3 rings (SSSR count). The second-order valence-electron chi connectivity index (χ2n) is 7.13. The molecule has 0 atom stereocenters. The number of carbonyl (C=O) groups excluding carboxylic acids is 2. The Labute approximate surface area is 144 Å². The lowest BCUT2D eigenvalue weighted by molar-refractivity contribution is -0.132. The van der Waals surface area contributed by atoms with Crippen LogP contribution in [0.1, 0.15) is 54.4 Å². The zero-order valence-corrected chi connectivity index (χ0v) is 14.5. The topological polar surface area (TPSA) is 53.5 Å². The van der Waals surface area contributed by atoms with E-state index in [-0.39, 0.29) is 11.8 Å². The van der Waals surface area contributed by atoms with Gasteiger partial charge < -0.3 is 9.80 Å². The van der Waals surface area contributed by atoms with Crippen LogP contribution in [0.5, 0.6) is 0 Å². The van der Waals surface area contributed by atoms with Crippen LogP contribution in [0.15, 0.2) is 18.5 Å². The highest BCUT2D eigenvalue weighted by atomic mass is 16.2. The largest absolute Gasteiger partial charge is 0.341 e. The number of rotatable bonds is 3. The van der Waals surface area contributed by atoms with Crippen molar-refractivity contribution in [1.82, 2.24) is 14.8 Å². The molecule has 1 aromatic heterocycles. The molecule has 2 heterocycles. The van der Waals surface area contributed by atoms with Crippen LogP contribution in [0.25, 0.3) is 0 Å². The molecule has 5 heteroatoms. The van der Waals surface area contributed by atoms with Crippen LogP contribution >= 0.6 is 0 Å². The van der Waals surface area contributed by atoms with E-state index in [1.54, 1.807) is 12.4 Å². The molecule has 0 radical (unpaired) electrons. The summed E-state index contributed by atoms with van der Waals surface area (Å²) in [6, 6.07) is 1.88. The van der Waals surface area contributed by atoms with Gasteiger partial charge in [0, 0.05) is 45.0 Å². The van der Waals surface area contributed by atoms with E-state index in [1.165, 1.54) is 25.7 Å². The van der Waals surface area contributed by atoms with Gasteiger partial charge in [0.1, 0.15) is 0 Å². The Morgan fingerprint density at radius 3 is 2.50 bits per heavy atom. The van der Waals surface area contributed by atoms with Crippen LogP contribution in [0.3, 0.4) is 0 Å². The molecule has 0 spiro atoms. The van der Waals surface area contributed by atoms with Crippen molar-refractivity contribution in [3.63, 3.8) is 0 Å². The van der Waals surface area contributed by atoms with Gasteiger partial charge in [0.05, 0.1) is 5.56 Å². The lowest BCUT2D eigenvalue weighted by Gasteiger charge is -2.23. The first kappa shape index (κ1) is 16.9. The van der Waals surface area contributed by atoms with Gasteiger partial charge in [0.2, 0.25) is 5.91 Å². The number of nitrogens with zero attached hydrogens (tertiary/aromatic N) is 3. The third-order valence-corrected chi connectivity index (χ3v) is 5.20. The molecular formula is C19H27N3O2. The molecule has 1 aliphatic carbocycles. The van der Waals surface area contributed by atoms with Crippen molar-refractivity contribution in [2.75, 3.05) is 26.2 Å². The highest BCUT2D eigenvalue weighted by Crippen LogP contribution is 2.28. The third-order valence-electron chi connectivity index (χ3n) is 5.20. The monoisotopic (exact) mass is 329 g/mol. The predicted molar refractivity (Wildman–Crippen MR) is 92.6 cm³/mol. The zero-order valence-electron chi connectivity index (χ0n) is 14.5. The lowest BCUT2D eigenvalue weighted by Crippen LogP contribution is -2.37. The smallest absolute Gasteiger partial charge is 0.255 e. The van der Waals surface area contributed by atoms with Crippen molar-refractivity contribution in [1.29, 1.82) is 0 Å². The van der Waals surface area contributed by atoms with Crippen molar-refractivity contribution in [2.45, 2.75) is 45.4 Å². The number of pyridine rings is 1. The molecule has 1 saturated carbocycles. The van der Waals surface area contributed by atoms with Gasteiger partial charge in [0.25, 0.3) is 5.91 Å². The van der Waals surface area contributed by atoms with Crippen molar-refractivity contribution >= 4 is 11.8 Å². The average molecular weight is 329 g/mol.